The van der Waals surface area contributed by atoms with Crippen LogP contribution in [0.2, 0.25) is 0 Å². The summed E-state index contributed by atoms with van der Waals surface area (Å²) in [6, 6.07) is 5.51. The highest BCUT2D eigenvalue weighted by molar-refractivity contribution is 7.99. The number of fused-ring (bicyclic) bond motifs is 1. The summed E-state index contributed by atoms with van der Waals surface area (Å²) < 4.78 is 12.5. The van der Waals surface area contributed by atoms with Crippen LogP contribution in [0.25, 0.3) is 11.0 Å². The second kappa shape index (κ2) is 12.1. The number of hydrogen-bond donors (Lipinski definition) is 1. The summed E-state index contributed by atoms with van der Waals surface area (Å²) in [4.78, 5) is 24.6. The normalized spacial score (nSPS) is 13.7. The van der Waals surface area contributed by atoms with Crippen molar-refractivity contribution in [1.29, 1.82) is 0 Å². The molecule has 1 N–H and O–H groups in total. The molecule has 35 heavy (non-hydrogen) atoms. The van der Waals surface area contributed by atoms with Crippen molar-refractivity contribution in [3.05, 3.63) is 30.0 Å². The van der Waals surface area contributed by atoms with Crippen LogP contribution in [0.3, 0.4) is 0 Å². The Morgan fingerprint density at radius 2 is 1.91 bits per heavy atom. The maximum Gasteiger partial charge on any atom is 0.224 e. The minimum absolute atomic E-state index is 0.0588. The van der Waals surface area contributed by atoms with Crippen LogP contribution in [0.15, 0.2) is 29.6 Å². The molecule has 0 saturated carbocycles. The molecule has 0 unspecified atom stereocenters. The van der Waals surface area contributed by atoms with E-state index in [4.69, 9.17) is 19.4 Å². The van der Waals surface area contributed by atoms with Crippen molar-refractivity contribution in [2.45, 2.75) is 50.7 Å². The van der Waals surface area contributed by atoms with E-state index in [-0.39, 0.29) is 12.3 Å². The number of piperidine rings is 1. The number of nitrogens with one attached hydrogen (secondary N) is 1. The number of carbonyl (C=O) groups excluding carboxylic acids is 1. The van der Waals surface area contributed by atoms with Gasteiger partial charge in [-0.3, -0.25) is 4.79 Å². The molecule has 0 radical (unpaired) electrons. The molecular formula is C25H34N6O3S. The first-order valence-corrected chi connectivity index (χ1v) is 13.2. The molecule has 0 bridgehead atoms. The molecule has 1 aromatic carbocycles. The highest BCUT2D eigenvalue weighted by atomic mass is 32.2. The number of amides is 1. The predicted molar refractivity (Wildman–Crippen MR) is 139 cm³/mol. The fourth-order valence-corrected chi connectivity index (χ4v) is 4.92. The summed E-state index contributed by atoms with van der Waals surface area (Å²) in [5, 5.41) is 9.35. The van der Waals surface area contributed by atoms with Crippen LogP contribution in [0.1, 0.15) is 38.2 Å². The Bertz CT molecular complexity index is 1150. The lowest BCUT2D eigenvalue weighted by molar-refractivity contribution is -0.120. The molecular weight excluding hydrogens is 464 g/mol. The fraction of sp³-hybridized carbons (Fsp3) is 0.520. The number of nitrogens with zero attached hydrogens (tertiary/aromatic N) is 5. The number of thioether (sulfide) groups is 1. The minimum Gasteiger partial charge on any atom is -0.493 e. The Hall–Kier alpha value is -3.01. The Morgan fingerprint density at radius 3 is 2.66 bits per heavy atom. The van der Waals surface area contributed by atoms with Crippen molar-refractivity contribution >= 4 is 34.5 Å². The molecule has 1 aliphatic rings. The third-order valence-corrected chi connectivity index (χ3v) is 7.06. The summed E-state index contributed by atoms with van der Waals surface area (Å²) in [6.45, 7) is 5.19. The molecule has 188 valence electrons. The monoisotopic (exact) mass is 498 g/mol. The lowest BCUT2D eigenvalue weighted by Gasteiger charge is -2.28. The summed E-state index contributed by atoms with van der Waals surface area (Å²) >= 11 is 1.68. The van der Waals surface area contributed by atoms with Gasteiger partial charge in [-0.15, -0.1) is 0 Å². The van der Waals surface area contributed by atoms with Crippen LogP contribution in [0, 0.1) is 0 Å². The Balaban J connectivity index is 1.43. The largest absolute Gasteiger partial charge is 0.493 e. The second-order valence-electron chi connectivity index (χ2n) is 8.55. The molecule has 0 spiro atoms. The average molecular weight is 499 g/mol. The van der Waals surface area contributed by atoms with Gasteiger partial charge in [-0.25, -0.2) is 14.6 Å². The molecule has 1 fully saturated rings. The maximum atomic E-state index is 12.5. The lowest BCUT2D eigenvalue weighted by Crippen LogP contribution is -2.30. The van der Waals surface area contributed by atoms with Gasteiger partial charge in [0.15, 0.2) is 22.3 Å². The van der Waals surface area contributed by atoms with Gasteiger partial charge in [0.2, 0.25) is 5.91 Å². The van der Waals surface area contributed by atoms with Gasteiger partial charge in [0.25, 0.3) is 0 Å². The van der Waals surface area contributed by atoms with Gasteiger partial charge in [-0.05, 0) is 43.4 Å². The molecule has 3 heterocycles. The standard InChI is InChI=1S/C25H34N6O3S/c1-4-14-35-25-28-23(30-11-6-5-7-12-30)19-17-27-31(24(19)29-25)13-10-26-22(32)16-18-8-9-20(33-2)21(15-18)34-3/h8-9,15,17H,4-7,10-14,16H2,1-3H3,(H,26,32). The molecule has 10 heteroatoms. The van der Waals surface area contributed by atoms with Gasteiger partial charge in [-0.1, -0.05) is 24.8 Å². The minimum atomic E-state index is -0.0588. The van der Waals surface area contributed by atoms with Crippen LogP contribution in [-0.2, 0) is 17.8 Å². The van der Waals surface area contributed by atoms with E-state index in [9.17, 15) is 4.79 Å². The van der Waals surface area contributed by atoms with E-state index in [0.29, 0.717) is 24.6 Å². The smallest absolute Gasteiger partial charge is 0.224 e. The van der Waals surface area contributed by atoms with E-state index in [1.54, 1.807) is 26.0 Å². The van der Waals surface area contributed by atoms with E-state index in [1.165, 1.54) is 19.3 Å². The van der Waals surface area contributed by atoms with Crippen molar-refractivity contribution < 1.29 is 14.3 Å². The van der Waals surface area contributed by atoms with Crippen LogP contribution in [0.4, 0.5) is 5.82 Å². The zero-order valence-electron chi connectivity index (χ0n) is 20.7. The van der Waals surface area contributed by atoms with E-state index in [0.717, 1.165) is 52.8 Å². The number of rotatable bonds is 11. The lowest BCUT2D eigenvalue weighted by atomic mass is 10.1. The first kappa shape index (κ1) is 25.1. The molecule has 9 nitrogen and oxygen atoms in total. The van der Waals surface area contributed by atoms with Gasteiger partial charge >= 0.3 is 0 Å². The zero-order valence-corrected chi connectivity index (χ0v) is 21.6. The highest BCUT2D eigenvalue weighted by Gasteiger charge is 2.20. The van der Waals surface area contributed by atoms with Gasteiger partial charge in [-0.2, -0.15) is 5.10 Å². The first-order chi connectivity index (χ1) is 17.1. The number of methoxy groups -OCH3 is 2. The van der Waals surface area contributed by atoms with Crippen LogP contribution < -0.4 is 19.7 Å². The maximum absolute atomic E-state index is 12.5. The van der Waals surface area contributed by atoms with Crippen molar-refractivity contribution in [3.8, 4) is 11.5 Å². The van der Waals surface area contributed by atoms with Gasteiger partial charge in [0.1, 0.15) is 5.82 Å². The highest BCUT2D eigenvalue weighted by Crippen LogP contribution is 2.30. The topological polar surface area (TPSA) is 94.4 Å². The SMILES string of the molecule is CCCSc1nc(N2CCCCC2)c2cnn(CCNC(=O)Cc3ccc(OC)c(OC)c3)c2n1. The third-order valence-electron chi connectivity index (χ3n) is 6.00. The Labute approximate surface area is 210 Å². The van der Waals surface area contributed by atoms with Crippen LogP contribution >= 0.6 is 11.8 Å². The van der Waals surface area contributed by atoms with Crippen LogP contribution in [0.5, 0.6) is 11.5 Å². The second-order valence-corrected chi connectivity index (χ2v) is 9.61. The summed E-state index contributed by atoms with van der Waals surface area (Å²) in [5.74, 6) is 3.16. The fourth-order valence-electron chi connectivity index (χ4n) is 4.23. The molecule has 1 aliphatic heterocycles. The Kier molecular flexibility index (Phi) is 8.68. The average Bonchev–Trinajstić information content (AvgIpc) is 3.30. The molecule has 0 atom stereocenters. The van der Waals surface area contributed by atoms with Gasteiger partial charge in [0.05, 0.1) is 38.8 Å². The van der Waals surface area contributed by atoms with Crippen molar-refractivity contribution in [2.24, 2.45) is 0 Å². The van der Waals surface area contributed by atoms with E-state index < -0.39 is 0 Å². The molecule has 1 amide bonds. The third kappa shape index (κ3) is 6.17. The quantitative estimate of drug-likeness (QED) is 0.316. The first-order valence-electron chi connectivity index (χ1n) is 12.2. The summed E-state index contributed by atoms with van der Waals surface area (Å²) in [6.07, 6.45) is 6.82. The van der Waals surface area contributed by atoms with E-state index in [1.807, 2.05) is 29.1 Å². The Morgan fingerprint density at radius 1 is 1.11 bits per heavy atom. The molecule has 3 aromatic rings. The summed E-state index contributed by atoms with van der Waals surface area (Å²) in [7, 11) is 3.18. The zero-order chi connectivity index (χ0) is 24.6. The molecule has 4 rings (SSSR count). The molecule has 0 aliphatic carbocycles. The van der Waals surface area contributed by atoms with Gasteiger partial charge < -0.3 is 19.7 Å². The van der Waals surface area contributed by atoms with E-state index >= 15 is 0 Å². The van der Waals surface area contributed by atoms with Gasteiger partial charge in [0, 0.05) is 25.4 Å². The van der Waals surface area contributed by atoms with Crippen molar-refractivity contribution in [3.63, 3.8) is 0 Å². The van der Waals surface area contributed by atoms with E-state index in [2.05, 4.69) is 22.2 Å². The van der Waals surface area contributed by atoms with Crippen molar-refractivity contribution in [1.82, 2.24) is 25.1 Å². The number of benzene rings is 1. The molecule has 1 saturated heterocycles. The number of aromatic nitrogens is 4. The van der Waals surface area contributed by atoms with Crippen molar-refractivity contribution in [2.75, 3.05) is 44.5 Å². The molecule has 2 aromatic heterocycles. The number of anilines is 1. The predicted octanol–water partition coefficient (Wildman–Crippen LogP) is 3.69. The number of hydrogen-bond acceptors (Lipinski definition) is 8. The number of ether oxygens (including phenoxy) is 2. The van der Waals surface area contributed by atoms with Crippen LogP contribution in [-0.4, -0.2) is 65.3 Å². The number of carbonyl (C=O) groups is 1. The summed E-state index contributed by atoms with van der Waals surface area (Å²) in [5.41, 5.74) is 1.69.